The van der Waals surface area contributed by atoms with Crippen LogP contribution in [0.3, 0.4) is 0 Å². The SMILES string of the molecule is C=CCCOc1cc(-c2cccc(C=Nc3c(C(C)C)cccc3C(C)C)n2)c(C)cc1C.C=CCCOc1cc(B(O)O)c(C)cc1C.CC(C)c1cccc(C(C)C)c1N=Cc1cccc(Br)n1. The van der Waals surface area contributed by atoms with Gasteiger partial charge in [0.25, 0.3) is 0 Å². The summed E-state index contributed by atoms with van der Waals surface area (Å²) in [7, 11) is -1.46. The standard InChI is InChI=1S/C30H36N2O.C18H21BrN2.C12H17BO3/c1-8-9-16-33-29-18-27(22(6)17-23(29)7)28-15-10-12-24(32-28)19-31-30-25(20(2)3)13-11-14-26(30)21(4)5;1-12(2)15-8-6-9-16(13(3)4)18(15)20-11-14-7-5-10-17(19)21-14;1-4-5-6-16-12-8-11(13(14)15)9(2)7-10(12)3/h8,10-15,17-21H,1,9,16H2,2-7H3;5-13H,1-4H3;4,7-8,14-15H,1,5-6H2,2-3H3. The predicted molar refractivity (Wildman–Crippen MR) is 301 cm³/mol. The number of hydrogen-bond acceptors (Lipinski definition) is 8. The van der Waals surface area contributed by atoms with Gasteiger partial charge in [-0.15, -0.1) is 13.2 Å². The molecule has 8 nitrogen and oxygen atoms in total. The van der Waals surface area contributed by atoms with Crippen LogP contribution < -0.4 is 14.9 Å². The molecule has 0 aliphatic carbocycles. The van der Waals surface area contributed by atoms with Gasteiger partial charge in [0.2, 0.25) is 0 Å². The number of nitrogens with zero attached hydrogens (tertiary/aromatic N) is 4. The normalized spacial score (nSPS) is 11.2. The smallest absolute Gasteiger partial charge is 0.488 e. The molecule has 2 heterocycles. The highest BCUT2D eigenvalue weighted by Crippen LogP contribution is 2.36. The van der Waals surface area contributed by atoms with Crippen molar-refractivity contribution in [3.8, 4) is 22.8 Å². The van der Waals surface area contributed by atoms with Crippen LogP contribution in [0.4, 0.5) is 11.4 Å². The van der Waals surface area contributed by atoms with Crippen LogP contribution in [0.1, 0.15) is 148 Å². The molecule has 6 aromatic rings. The zero-order valence-corrected chi connectivity index (χ0v) is 45.1. The van der Waals surface area contributed by atoms with Gasteiger partial charge in [0.05, 0.1) is 54.1 Å². The summed E-state index contributed by atoms with van der Waals surface area (Å²) in [5.74, 6) is 3.30. The maximum absolute atomic E-state index is 9.18. The minimum atomic E-state index is -1.46. The van der Waals surface area contributed by atoms with Gasteiger partial charge in [0.15, 0.2) is 0 Å². The lowest BCUT2D eigenvalue weighted by molar-refractivity contribution is 0.322. The first-order valence-electron chi connectivity index (χ1n) is 24.4. The van der Waals surface area contributed by atoms with E-state index in [1.807, 2.05) is 74.8 Å². The maximum atomic E-state index is 9.18. The summed E-state index contributed by atoms with van der Waals surface area (Å²) in [5.41, 5.74) is 15.6. The molecular formula is C60H74BBrN4O4. The molecule has 0 saturated heterocycles. The summed E-state index contributed by atoms with van der Waals surface area (Å²) < 4.78 is 12.3. The van der Waals surface area contributed by atoms with Gasteiger partial charge in [-0.05, 0) is 161 Å². The van der Waals surface area contributed by atoms with E-state index in [-0.39, 0.29) is 0 Å². The van der Waals surface area contributed by atoms with Gasteiger partial charge >= 0.3 is 7.12 Å². The van der Waals surface area contributed by atoms with Gasteiger partial charge in [-0.25, -0.2) is 9.97 Å². The minimum absolute atomic E-state index is 0.407. The van der Waals surface area contributed by atoms with Gasteiger partial charge in [0.1, 0.15) is 16.1 Å². The number of aliphatic imine (C=N–C) groups is 2. The molecule has 0 spiro atoms. The quantitative estimate of drug-likeness (QED) is 0.0292. The Labute approximate surface area is 428 Å². The molecular weight excluding hydrogens is 931 g/mol. The molecule has 2 N–H and O–H groups in total. The summed E-state index contributed by atoms with van der Waals surface area (Å²) in [6.45, 7) is 34.2. The average molecular weight is 1010 g/mol. The van der Waals surface area contributed by atoms with E-state index < -0.39 is 7.12 Å². The van der Waals surface area contributed by atoms with E-state index in [4.69, 9.17) is 24.4 Å². The second-order valence-corrected chi connectivity index (χ2v) is 19.5. The topological polar surface area (TPSA) is 109 Å². The van der Waals surface area contributed by atoms with Crippen LogP contribution >= 0.6 is 15.9 Å². The molecule has 0 unspecified atom stereocenters. The predicted octanol–water partition coefficient (Wildman–Crippen LogP) is 15.1. The van der Waals surface area contributed by atoms with Crippen LogP contribution in [0, 0.1) is 27.7 Å². The highest BCUT2D eigenvalue weighted by Gasteiger charge is 2.17. The van der Waals surface area contributed by atoms with Crippen molar-refractivity contribution in [3.63, 3.8) is 0 Å². The number of aryl methyl sites for hydroxylation is 4. The molecule has 0 amide bonds. The van der Waals surface area contributed by atoms with Crippen LogP contribution in [-0.4, -0.2) is 52.8 Å². The van der Waals surface area contributed by atoms with Crippen LogP contribution in [0.25, 0.3) is 11.3 Å². The first-order valence-corrected chi connectivity index (χ1v) is 25.2. The molecule has 10 heteroatoms. The van der Waals surface area contributed by atoms with Crippen LogP contribution in [0.15, 0.2) is 137 Å². The molecule has 70 heavy (non-hydrogen) atoms. The zero-order valence-electron chi connectivity index (χ0n) is 43.6. The Bertz CT molecular complexity index is 2670. The van der Waals surface area contributed by atoms with Gasteiger partial charge in [-0.2, -0.15) is 0 Å². The molecule has 0 saturated carbocycles. The Morgan fingerprint density at radius 1 is 0.557 bits per heavy atom. The van der Waals surface area contributed by atoms with Crippen LogP contribution in [0.2, 0.25) is 0 Å². The average Bonchev–Trinajstić information content (AvgIpc) is 3.31. The van der Waals surface area contributed by atoms with Crippen molar-refractivity contribution in [1.29, 1.82) is 0 Å². The molecule has 0 fully saturated rings. The van der Waals surface area contributed by atoms with Gasteiger partial charge in [-0.3, -0.25) is 9.98 Å². The molecule has 368 valence electrons. The number of hydrogen-bond donors (Lipinski definition) is 2. The Kier molecular flexibility index (Phi) is 22.7. The van der Waals surface area contributed by atoms with Gasteiger partial charge in [-0.1, -0.05) is 134 Å². The van der Waals surface area contributed by atoms with Crippen molar-refractivity contribution in [2.24, 2.45) is 9.98 Å². The number of pyridine rings is 2. The molecule has 0 radical (unpaired) electrons. The monoisotopic (exact) mass is 1000 g/mol. The molecule has 4 aromatic carbocycles. The lowest BCUT2D eigenvalue weighted by Gasteiger charge is -2.16. The van der Waals surface area contributed by atoms with E-state index in [0.29, 0.717) is 48.1 Å². The third kappa shape index (κ3) is 16.6. The second kappa shape index (κ2) is 28.0. The number of rotatable bonds is 18. The van der Waals surface area contributed by atoms with Gasteiger partial charge in [0, 0.05) is 5.56 Å². The molecule has 0 aliphatic rings. The number of aromatic nitrogens is 2. The van der Waals surface area contributed by atoms with Crippen LogP contribution in [-0.2, 0) is 0 Å². The Morgan fingerprint density at radius 2 is 0.971 bits per heavy atom. The Morgan fingerprint density at radius 3 is 1.40 bits per heavy atom. The highest BCUT2D eigenvalue weighted by atomic mass is 79.9. The summed E-state index contributed by atoms with van der Waals surface area (Å²) >= 11 is 3.39. The summed E-state index contributed by atoms with van der Waals surface area (Å²) in [5, 5.41) is 18.4. The van der Waals surface area contributed by atoms with E-state index in [2.05, 4.69) is 152 Å². The number of benzene rings is 4. The first-order chi connectivity index (χ1) is 33.4. The van der Waals surface area contributed by atoms with Crippen molar-refractivity contribution < 1.29 is 19.5 Å². The summed E-state index contributed by atoms with van der Waals surface area (Å²) in [4.78, 5) is 19.0. The van der Waals surface area contributed by atoms with Gasteiger partial charge < -0.3 is 19.5 Å². The van der Waals surface area contributed by atoms with Crippen molar-refractivity contribution in [2.45, 2.75) is 120 Å². The molecule has 2 aromatic heterocycles. The fourth-order valence-electron chi connectivity index (χ4n) is 7.80. The fraction of sp³-hybridized carbons (Fsp3) is 0.333. The third-order valence-electron chi connectivity index (χ3n) is 11.6. The summed E-state index contributed by atoms with van der Waals surface area (Å²) in [6, 6.07) is 32.7. The zero-order chi connectivity index (χ0) is 51.5. The number of ether oxygens (including phenoxy) is 2. The number of para-hydroxylation sites is 2. The van der Waals surface area contributed by atoms with Crippen molar-refractivity contribution in [3.05, 3.63) is 183 Å². The molecule has 0 aliphatic heterocycles. The second-order valence-electron chi connectivity index (χ2n) is 18.7. The van der Waals surface area contributed by atoms with E-state index in [0.717, 1.165) is 73.9 Å². The van der Waals surface area contributed by atoms with Crippen molar-refractivity contribution >= 4 is 52.3 Å². The lowest BCUT2D eigenvalue weighted by Crippen LogP contribution is -2.32. The lowest BCUT2D eigenvalue weighted by atomic mass is 9.76. The molecule has 0 atom stereocenters. The van der Waals surface area contributed by atoms with E-state index >= 15 is 0 Å². The minimum Gasteiger partial charge on any atom is -0.493 e. The third-order valence-corrected chi connectivity index (χ3v) is 12.1. The van der Waals surface area contributed by atoms with Crippen molar-refractivity contribution in [2.75, 3.05) is 13.2 Å². The largest absolute Gasteiger partial charge is 0.493 e. The Hall–Kier alpha value is -5.94. The van der Waals surface area contributed by atoms with Crippen LogP contribution in [0.5, 0.6) is 11.5 Å². The van der Waals surface area contributed by atoms with E-state index in [1.54, 1.807) is 12.1 Å². The maximum Gasteiger partial charge on any atom is 0.488 e. The van der Waals surface area contributed by atoms with Crippen molar-refractivity contribution in [1.82, 2.24) is 9.97 Å². The summed E-state index contributed by atoms with van der Waals surface area (Å²) in [6.07, 6.45) is 8.98. The molecule has 6 rings (SSSR count). The fourth-order valence-corrected chi connectivity index (χ4v) is 8.16. The molecule has 0 bridgehead atoms. The number of halogens is 1. The first kappa shape index (κ1) is 56.7. The highest BCUT2D eigenvalue weighted by molar-refractivity contribution is 9.10. The van der Waals surface area contributed by atoms with E-state index in [1.165, 1.54) is 27.8 Å². The van der Waals surface area contributed by atoms with E-state index in [9.17, 15) is 10.0 Å². The Balaban J connectivity index is 0.000000247.